The van der Waals surface area contributed by atoms with Crippen molar-refractivity contribution in [3.05, 3.63) is 11.6 Å². The fourth-order valence-electron chi connectivity index (χ4n) is 7.03. The van der Waals surface area contributed by atoms with Crippen molar-refractivity contribution in [2.24, 2.45) is 34.5 Å². The van der Waals surface area contributed by atoms with E-state index in [4.69, 9.17) is 0 Å². The normalized spacial score (nSPS) is 52.1. The maximum atomic E-state index is 11.6. The molecule has 3 heteroatoms. The molecule has 3 nitrogen and oxygen atoms in total. The highest BCUT2D eigenvalue weighted by Crippen LogP contribution is 2.66. The minimum absolute atomic E-state index is 0.0596. The number of carbonyl (C=O) groups is 1. The van der Waals surface area contributed by atoms with Gasteiger partial charge in [-0.1, -0.05) is 25.5 Å². The molecule has 1 N–H and O–H groups in total. The number of allylic oxidation sites excluding steroid dienone is 1. The van der Waals surface area contributed by atoms with Crippen LogP contribution in [-0.4, -0.2) is 17.2 Å². The molecule has 0 saturated heterocycles. The van der Waals surface area contributed by atoms with E-state index < -0.39 is 5.97 Å². The Kier molecular flexibility index (Phi) is 3.46. The Labute approximate surface area is 139 Å². The second kappa shape index (κ2) is 5.08. The molecule has 23 heavy (non-hydrogen) atoms. The number of carboxylic acid groups (broad SMARTS) is 1. The molecule has 3 saturated carbocycles. The van der Waals surface area contributed by atoms with Crippen LogP contribution in [0.4, 0.5) is 0 Å². The number of rotatable bonds is 1. The number of fused-ring (bicyclic) bond motifs is 5. The van der Waals surface area contributed by atoms with Crippen molar-refractivity contribution < 1.29 is 15.0 Å². The van der Waals surface area contributed by atoms with Crippen LogP contribution in [0, 0.1) is 34.5 Å². The molecule has 0 aromatic carbocycles. The SMILES string of the molecule is C[C@@]12CC[C@H]3[C@H](CC=C4C[C@@H](O)CC[C@@]43C)[C@@H]1CC[C@@H]2C(=O)[O-]. The second-order valence-corrected chi connectivity index (χ2v) is 9.15. The summed E-state index contributed by atoms with van der Waals surface area (Å²) in [6.07, 6.45) is 10.2. The molecule has 0 aromatic rings. The van der Waals surface area contributed by atoms with E-state index in [0.29, 0.717) is 17.8 Å². The Balaban J connectivity index is 1.66. The van der Waals surface area contributed by atoms with Gasteiger partial charge in [-0.3, -0.25) is 0 Å². The average molecular weight is 317 g/mol. The fraction of sp³-hybridized carbons (Fsp3) is 0.850. The monoisotopic (exact) mass is 317 g/mol. The molecule has 0 spiro atoms. The van der Waals surface area contributed by atoms with E-state index in [1.165, 1.54) is 5.57 Å². The first-order valence-corrected chi connectivity index (χ1v) is 9.44. The summed E-state index contributed by atoms with van der Waals surface area (Å²) in [5, 5.41) is 21.6. The van der Waals surface area contributed by atoms with Gasteiger partial charge in [0.25, 0.3) is 0 Å². The van der Waals surface area contributed by atoms with Gasteiger partial charge >= 0.3 is 0 Å². The second-order valence-electron chi connectivity index (χ2n) is 9.15. The third-order valence-corrected chi connectivity index (χ3v) is 8.36. The number of hydrogen-bond acceptors (Lipinski definition) is 3. The minimum Gasteiger partial charge on any atom is -0.550 e. The van der Waals surface area contributed by atoms with Crippen LogP contribution in [0.3, 0.4) is 0 Å². The zero-order chi connectivity index (χ0) is 16.4. The molecule has 4 rings (SSSR count). The lowest BCUT2D eigenvalue weighted by Gasteiger charge is -2.58. The zero-order valence-corrected chi connectivity index (χ0v) is 14.4. The summed E-state index contributed by atoms with van der Waals surface area (Å²) in [6, 6.07) is 0. The molecular weight excluding hydrogens is 288 g/mol. The number of aliphatic hydroxyl groups is 1. The lowest BCUT2D eigenvalue weighted by molar-refractivity contribution is -0.315. The summed E-state index contributed by atoms with van der Waals surface area (Å²) in [7, 11) is 0. The maximum Gasteiger partial charge on any atom is 0.0577 e. The van der Waals surface area contributed by atoms with Crippen molar-refractivity contribution >= 4 is 5.97 Å². The number of aliphatic carboxylic acids is 1. The van der Waals surface area contributed by atoms with Gasteiger partial charge in [0.2, 0.25) is 0 Å². The molecule has 0 unspecified atom stereocenters. The first kappa shape index (κ1) is 15.7. The van der Waals surface area contributed by atoms with E-state index in [9.17, 15) is 15.0 Å². The predicted octanol–water partition coefficient (Wildman–Crippen LogP) is 2.68. The van der Waals surface area contributed by atoms with Crippen LogP contribution in [0.1, 0.15) is 65.2 Å². The first-order valence-electron chi connectivity index (χ1n) is 9.44. The van der Waals surface area contributed by atoms with Crippen molar-refractivity contribution in [3.8, 4) is 0 Å². The summed E-state index contributed by atoms with van der Waals surface area (Å²) in [5.41, 5.74) is 1.66. The van der Waals surface area contributed by atoms with Gasteiger partial charge in [0, 0.05) is 11.9 Å². The van der Waals surface area contributed by atoms with Gasteiger partial charge in [-0.05, 0) is 80.0 Å². The van der Waals surface area contributed by atoms with Crippen molar-refractivity contribution in [2.75, 3.05) is 0 Å². The number of aliphatic hydroxyl groups excluding tert-OH is 1. The van der Waals surface area contributed by atoms with Gasteiger partial charge in [-0.2, -0.15) is 0 Å². The zero-order valence-electron chi connectivity index (χ0n) is 14.4. The van der Waals surface area contributed by atoms with E-state index >= 15 is 0 Å². The van der Waals surface area contributed by atoms with E-state index in [1.54, 1.807) is 0 Å². The Morgan fingerprint density at radius 1 is 1.17 bits per heavy atom. The van der Waals surface area contributed by atoms with Crippen LogP contribution in [0.25, 0.3) is 0 Å². The van der Waals surface area contributed by atoms with E-state index in [2.05, 4.69) is 19.9 Å². The van der Waals surface area contributed by atoms with Crippen molar-refractivity contribution in [2.45, 2.75) is 71.3 Å². The molecule has 0 bridgehead atoms. The molecule has 7 atom stereocenters. The lowest BCUT2D eigenvalue weighted by Crippen LogP contribution is -2.52. The van der Waals surface area contributed by atoms with E-state index in [0.717, 1.165) is 51.4 Å². The van der Waals surface area contributed by atoms with E-state index in [1.807, 2.05) is 0 Å². The van der Waals surface area contributed by atoms with Crippen molar-refractivity contribution in [1.29, 1.82) is 0 Å². The molecule has 4 aliphatic rings. The van der Waals surface area contributed by atoms with Crippen LogP contribution < -0.4 is 5.11 Å². The van der Waals surface area contributed by atoms with Gasteiger partial charge in [-0.25, -0.2) is 0 Å². The molecule has 128 valence electrons. The maximum absolute atomic E-state index is 11.6. The molecule has 0 aromatic heterocycles. The van der Waals surface area contributed by atoms with Gasteiger partial charge in [-0.15, -0.1) is 0 Å². The Hall–Kier alpha value is -0.830. The lowest BCUT2D eigenvalue weighted by atomic mass is 9.47. The molecule has 4 aliphatic carbocycles. The Bertz CT molecular complexity index is 553. The standard InChI is InChI=1S/C20H30O3/c1-19-9-7-13(21)11-12(19)3-4-14-15-5-6-17(18(22)23)20(15,2)10-8-16(14)19/h3,13-17,21H,4-11H2,1-2H3,(H,22,23)/p-1/t13-,14+,15-,16-,17+,19-,20+/m0/s1. The van der Waals surface area contributed by atoms with Crippen LogP contribution in [-0.2, 0) is 4.79 Å². The van der Waals surface area contributed by atoms with Gasteiger partial charge in [0.15, 0.2) is 0 Å². The van der Waals surface area contributed by atoms with Crippen molar-refractivity contribution in [3.63, 3.8) is 0 Å². The average Bonchev–Trinajstić information content (AvgIpc) is 2.85. The van der Waals surface area contributed by atoms with Crippen molar-refractivity contribution in [1.82, 2.24) is 0 Å². The molecular formula is C20H29O3-. The summed E-state index contributed by atoms with van der Waals surface area (Å²) < 4.78 is 0. The third kappa shape index (κ3) is 2.08. The Morgan fingerprint density at radius 2 is 1.96 bits per heavy atom. The summed E-state index contributed by atoms with van der Waals surface area (Å²) >= 11 is 0. The van der Waals surface area contributed by atoms with Gasteiger partial charge < -0.3 is 15.0 Å². The first-order chi connectivity index (χ1) is 10.9. The van der Waals surface area contributed by atoms with E-state index in [-0.39, 0.29) is 22.9 Å². The summed E-state index contributed by atoms with van der Waals surface area (Å²) in [5.74, 6) is 0.758. The quantitative estimate of drug-likeness (QED) is 0.756. The number of carboxylic acids is 1. The molecule has 0 radical (unpaired) electrons. The summed E-state index contributed by atoms with van der Waals surface area (Å²) in [4.78, 5) is 11.6. The topological polar surface area (TPSA) is 60.4 Å². The highest BCUT2D eigenvalue weighted by molar-refractivity contribution is 5.69. The van der Waals surface area contributed by atoms with Crippen LogP contribution in [0.5, 0.6) is 0 Å². The fourth-order valence-corrected chi connectivity index (χ4v) is 7.03. The van der Waals surface area contributed by atoms with Crippen LogP contribution >= 0.6 is 0 Å². The van der Waals surface area contributed by atoms with Gasteiger partial charge in [0.1, 0.15) is 0 Å². The highest BCUT2D eigenvalue weighted by Gasteiger charge is 2.58. The predicted molar refractivity (Wildman–Crippen MR) is 86.2 cm³/mol. The molecule has 0 aliphatic heterocycles. The van der Waals surface area contributed by atoms with Crippen LogP contribution in [0.2, 0.25) is 0 Å². The Morgan fingerprint density at radius 3 is 2.70 bits per heavy atom. The van der Waals surface area contributed by atoms with Gasteiger partial charge in [0.05, 0.1) is 6.10 Å². The third-order valence-electron chi connectivity index (χ3n) is 8.36. The molecule has 0 amide bonds. The minimum atomic E-state index is -0.826. The smallest absolute Gasteiger partial charge is 0.0577 e. The summed E-state index contributed by atoms with van der Waals surface area (Å²) in [6.45, 7) is 4.63. The highest BCUT2D eigenvalue weighted by atomic mass is 16.4. The molecule has 3 fully saturated rings. The molecule has 0 heterocycles. The van der Waals surface area contributed by atoms with Crippen LogP contribution in [0.15, 0.2) is 11.6 Å². The number of carbonyl (C=O) groups excluding carboxylic acids is 1. The number of hydrogen-bond donors (Lipinski definition) is 1. The largest absolute Gasteiger partial charge is 0.550 e.